The number of primary amides is 1. The Balaban J connectivity index is 1.12. The second-order valence-corrected chi connectivity index (χ2v) is 11.7. The number of nitrogens with zero attached hydrogens (tertiary/aromatic N) is 1. The number of pyridine rings is 1. The topological polar surface area (TPSA) is 132 Å². The van der Waals surface area contributed by atoms with Crippen LogP contribution in [-0.4, -0.2) is 39.9 Å². The summed E-state index contributed by atoms with van der Waals surface area (Å²) in [5.41, 5.74) is 8.53. The van der Waals surface area contributed by atoms with Gasteiger partial charge in [-0.2, -0.15) is 0 Å². The van der Waals surface area contributed by atoms with Gasteiger partial charge in [-0.05, 0) is 105 Å². The number of aromatic hydroxyl groups is 1. The first kappa shape index (κ1) is 24.9. The van der Waals surface area contributed by atoms with Crippen LogP contribution in [0.3, 0.4) is 0 Å². The van der Waals surface area contributed by atoms with E-state index in [4.69, 9.17) is 5.73 Å². The lowest BCUT2D eigenvalue weighted by Gasteiger charge is -2.60. The van der Waals surface area contributed by atoms with Crippen LogP contribution in [0.4, 0.5) is 10.5 Å². The number of phenols is 1. The summed E-state index contributed by atoms with van der Waals surface area (Å²) in [6.07, 6.45) is 7.03. The van der Waals surface area contributed by atoms with Crippen LogP contribution < -0.4 is 21.5 Å². The van der Waals surface area contributed by atoms with Crippen molar-refractivity contribution in [1.82, 2.24) is 10.3 Å². The van der Waals surface area contributed by atoms with E-state index in [1.165, 1.54) is 31.4 Å². The zero-order chi connectivity index (χ0) is 26.4. The van der Waals surface area contributed by atoms with Gasteiger partial charge in [-0.15, -0.1) is 0 Å². The maximum Gasteiger partial charge on any atom is 0.319 e. The van der Waals surface area contributed by atoms with E-state index in [1.807, 2.05) is 17.0 Å². The standard InChI is InChI=1S/C30H36N4O4/c31-29(38)34(30-14-19-10-20(15-30)12-21(11-19)16-30)22-3-1-2-18(13-22)8-9-32-17-26(36)23-4-6-25(35)28-24(23)5-7-27(37)33-28/h1-7,13,19-21,26,32,35-36H,8-12,14-17H2,(H2,31,38)(H,33,37). The van der Waals surface area contributed by atoms with E-state index in [-0.39, 0.29) is 22.9 Å². The number of carbonyl (C=O) groups excluding carboxylic acids is 1. The molecule has 4 fully saturated rings. The quantitative estimate of drug-likeness (QED) is 0.289. The van der Waals surface area contributed by atoms with Gasteiger partial charge in [0.1, 0.15) is 5.75 Å². The molecule has 8 heteroatoms. The van der Waals surface area contributed by atoms with Gasteiger partial charge in [0, 0.05) is 23.7 Å². The summed E-state index contributed by atoms with van der Waals surface area (Å²) in [5, 5.41) is 24.8. The van der Waals surface area contributed by atoms with Gasteiger partial charge in [0.2, 0.25) is 5.56 Å². The lowest BCUT2D eigenvalue weighted by Crippen LogP contribution is -2.63. The molecule has 0 radical (unpaired) electrons. The maximum absolute atomic E-state index is 12.8. The summed E-state index contributed by atoms with van der Waals surface area (Å²) in [6, 6.07) is 14.0. The van der Waals surface area contributed by atoms with Gasteiger partial charge in [-0.25, -0.2) is 4.79 Å². The number of nitrogens with one attached hydrogen (secondary N) is 2. The van der Waals surface area contributed by atoms with Crippen molar-refractivity contribution >= 4 is 22.6 Å². The average Bonchev–Trinajstić information content (AvgIpc) is 2.86. The number of anilines is 1. The fourth-order valence-corrected chi connectivity index (χ4v) is 7.96. The number of fused-ring (bicyclic) bond motifs is 1. The number of urea groups is 1. The van der Waals surface area contributed by atoms with Gasteiger partial charge in [-0.1, -0.05) is 18.2 Å². The van der Waals surface area contributed by atoms with Crippen molar-refractivity contribution < 1.29 is 15.0 Å². The lowest BCUT2D eigenvalue weighted by atomic mass is 9.52. The first-order valence-corrected chi connectivity index (χ1v) is 13.7. The molecule has 4 bridgehead atoms. The average molecular weight is 517 g/mol. The number of aliphatic hydroxyl groups excluding tert-OH is 1. The van der Waals surface area contributed by atoms with E-state index in [0.29, 0.717) is 47.3 Å². The first-order valence-electron chi connectivity index (χ1n) is 13.7. The van der Waals surface area contributed by atoms with Gasteiger partial charge in [0.05, 0.1) is 17.2 Å². The molecule has 0 aliphatic heterocycles. The molecule has 7 rings (SSSR count). The summed E-state index contributed by atoms with van der Waals surface area (Å²) in [7, 11) is 0. The van der Waals surface area contributed by atoms with Gasteiger partial charge >= 0.3 is 6.03 Å². The number of aromatic nitrogens is 1. The number of hydrogen-bond donors (Lipinski definition) is 5. The molecule has 200 valence electrons. The third-order valence-electron chi connectivity index (χ3n) is 9.06. The summed E-state index contributed by atoms with van der Waals surface area (Å²) in [5.74, 6) is 2.12. The van der Waals surface area contributed by atoms with Crippen molar-refractivity contribution in [1.29, 1.82) is 0 Å². The highest BCUT2D eigenvalue weighted by Gasteiger charge is 2.55. The van der Waals surface area contributed by atoms with Crippen molar-refractivity contribution in [3.63, 3.8) is 0 Å². The van der Waals surface area contributed by atoms with Gasteiger partial charge < -0.3 is 26.2 Å². The fraction of sp³-hybridized carbons (Fsp3) is 0.467. The second kappa shape index (κ2) is 9.75. The largest absolute Gasteiger partial charge is 0.506 e. The SMILES string of the molecule is NC(=O)N(c1cccc(CCNCC(O)c2ccc(O)c3[nH]c(=O)ccc23)c1)C12CC3CC(CC(C3)C1)C2. The van der Waals surface area contributed by atoms with Crippen LogP contribution in [0.15, 0.2) is 53.3 Å². The molecule has 8 nitrogen and oxygen atoms in total. The highest BCUT2D eigenvalue weighted by atomic mass is 16.3. The van der Waals surface area contributed by atoms with Gasteiger partial charge in [-0.3, -0.25) is 9.69 Å². The lowest BCUT2D eigenvalue weighted by molar-refractivity contribution is -0.000204. The van der Waals surface area contributed by atoms with Crippen LogP contribution >= 0.6 is 0 Å². The third kappa shape index (κ3) is 4.56. The molecule has 38 heavy (non-hydrogen) atoms. The predicted octanol–water partition coefficient (Wildman–Crippen LogP) is 3.95. The summed E-state index contributed by atoms with van der Waals surface area (Å²) >= 11 is 0. The molecule has 0 spiro atoms. The van der Waals surface area contributed by atoms with E-state index in [1.54, 1.807) is 12.1 Å². The number of aliphatic hydroxyl groups is 1. The Morgan fingerprint density at radius 1 is 1.08 bits per heavy atom. The van der Waals surface area contributed by atoms with Crippen LogP contribution in [0.1, 0.15) is 55.8 Å². The normalized spacial score (nSPS) is 26.5. The summed E-state index contributed by atoms with van der Waals surface area (Å²) in [4.78, 5) is 29.0. The molecule has 1 aromatic heterocycles. The Morgan fingerprint density at radius 3 is 2.47 bits per heavy atom. The highest BCUT2D eigenvalue weighted by Crippen LogP contribution is 2.58. The Morgan fingerprint density at radius 2 is 1.79 bits per heavy atom. The number of aromatic amines is 1. The zero-order valence-electron chi connectivity index (χ0n) is 21.5. The van der Waals surface area contributed by atoms with E-state index < -0.39 is 6.10 Å². The summed E-state index contributed by atoms with van der Waals surface area (Å²) < 4.78 is 0. The Bertz CT molecular complexity index is 1380. The van der Waals surface area contributed by atoms with E-state index in [0.717, 1.165) is 36.9 Å². The minimum atomic E-state index is -0.809. The van der Waals surface area contributed by atoms with Gasteiger partial charge in [0.25, 0.3) is 0 Å². The Hall–Kier alpha value is -3.36. The maximum atomic E-state index is 12.8. The number of amides is 2. The molecule has 0 saturated heterocycles. The van der Waals surface area contributed by atoms with Crippen LogP contribution in [0.2, 0.25) is 0 Å². The first-order chi connectivity index (χ1) is 18.3. The van der Waals surface area contributed by atoms with Crippen LogP contribution in [-0.2, 0) is 6.42 Å². The number of nitrogens with two attached hydrogens (primary N) is 1. The highest BCUT2D eigenvalue weighted by molar-refractivity contribution is 5.92. The van der Waals surface area contributed by atoms with Crippen molar-refractivity contribution in [2.45, 2.75) is 56.6 Å². The molecular formula is C30H36N4O4. The van der Waals surface area contributed by atoms with Crippen molar-refractivity contribution in [3.05, 3.63) is 70.0 Å². The zero-order valence-corrected chi connectivity index (χ0v) is 21.5. The molecule has 1 heterocycles. The molecule has 2 aromatic carbocycles. The number of benzene rings is 2. The van der Waals surface area contributed by atoms with E-state index >= 15 is 0 Å². The van der Waals surface area contributed by atoms with Crippen LogP contribution in [0.25, 0.3) is 10.9 Å². The monoisotopic (exact) mass is 516 g/mol. The number of rotatable bonds is 8. The van der Waals surface area contributed by atoms with Crippen LogP contribution in [0, 0.1) is 17.8 Å². The molecule has 4 saturated carbocycles. The smallest absolute Gasteiger partial charge is 0.319 e. The molecule has 6 N–H and O–H groups in total. The van der Waals surface area contributed by atoms with Crippen molar-refractivity contribution in [3.8, 4) is 5.75 Å². The summed E-state index contributed by atoms with van der Waals surface area (Å²) in [6.45, 7) is 0.959. The van der Waals surface area contributed by atoms with Gasteiger partial charge in [0.15, 0.2) is 0 Å². The molecular weight excluding hydrogens is 480 g/mol. The van der Waals surface area contributed by atoms with Crippen molar-refractivity contribution in [2.75, 3.05) is 18.0 Å². The molecule has 1 atom stereocenters. The fourth-order valence-electron chi connectivity index (χ4n) is 7.96. The minimum absolute atomic E-state index is 0.0277. The number of hydrogen-bond acceptors (Lipinski definition) is 5. The number of phenolic OH excluding ortho intramolecular Hbond substituents is 1. The van der Waals surface area contributed by atoms with Crippen LogP contribution in [0.5, 0.6) is 5.75 Å². The van der Waals surface area contributed by atoms with E-state index in [9.17, 15) is 19.8 Å². The molecule has 4 aliphatic rings. The minimum Gasteiger partial charge on any atom is -0.506 e. The molecule has 4 aliphatic carbocycles. The predicted molar refractivity (Wildman–Crippen MR) is 147 cm³/mol. The molecule has 1 unspecified atom stereocenters. The third-order valence-corrected chi connectivity index (χ3v) is 9.06. The number of H-pyrrole nitrogens is 1. The molecule has 3 aromatic rings. The number of carbonyl (C=O) groups is 1. The second-order valence-electron chi connectivity index (χ2n) is 11.7. The Labute approximate surface area is 221 Å². The Kier molecular flexibility index (Phi) is 6.40. The van der Waals surface area contributed by atoms with Crippen molar-refractivity contribution in [2.24, 2.45) is 23.5 Å². The van der Waals surface area contributed by atoms with E-state index in [2.05, 4.69) is 22.4 Å². The molecule has 2 amide bonds.